The molecule has 0 aromatic heterocycles. The van der Waals surface area contributed by atoms with Gasteiger partial charge in [-0.1, -0.05) is 32.8 Å². The van der Waals surface area contributed by atoms with Gasteiger partial charge in [-0.05, 0) is 56.2 Å². The standard InChI is InChI=1S/C21H33NO3/c1-5-8-15(2)13-21(23)22-16(3)17-11-12-19(20(14-17)24-4)25-18-9-6-7-10-18/h11-12,14-16,18H,5-10,13H2,1-4H3,(H,22,23). The van der Waals surface area contributed by atoms with E-state index in [2.05, 4.69) is 19.2 Å². The smallest absolute Gasteiger partial charge is 0.220 e. The zero-order chi connectivity index (χ0) is 18.2. The quantitative estimate of drug-likeness (QED) is 0.682. The molecular formula is C21H33NO3. The minimum atomic E-state index is -0.0456. The van der Waals surface area contributed by atoms with Crippen molar-refractivity contribution >= 4 is 5.91 Å². The fourth-order valence-electron chi connectivity index (χ4n) is 3.53. The molecule has 0 aliphatic heterocycles. The maximum absolute atomic E-state index is 12.2. The van der Waals surface area contributed by atoms with Crippen molar-refractivity contribution in [3.63, 3.8) is 0 Å². The number of nitrogens with one attached hydrogen (secondary N) is 1. The van der Waals surface area contributed by atoms with Crippen LogP contribution in [-0.4, -0.2) is 19.1 Å². The highest BCUT2D eigenvalue weighted by atomic mass is 16.5. The van der Waals surface area contributed by atoms with E-state index in [1.807, 2.05) is 25.1 Å². The Hall–Kier alpha value is -1.71. The van der Waals surface area contributed by atoms with E-state index in [1.165, 1.54) is 12.8 Å². The molecule has 4 nitrogen and oxygen atoms in total. The lowest BCUT2D eigenvalue weighted by Crippen LogP contribution is -2.28. The average Bonchev–Trinajstić information content (AvgIpc) is 3.08. The Bertz CT molecular complexity index is 552. The van der Waals surface area contributed by atoms with E-state index in [0.717, 1.165) is 42.7 Å². The predicted octanol–water partition coefficient (Wildman–Crippen LogP) is 5.02. The molecule has 2 atom stereocenters. The van der Waals surface area contributed by atoms with Gasteiger partial charge in [0.2, 0.25) is 5.91 Å². The topological polar surface area (TPSA) is 47.6 Å². The second kappa shape index (κ2) is 9.69. The SMILES string of the molecule is CCCC(C)CC(=O)NC(C)c1ccc(OC2CCCC2)c(OC)c1. The van der Waals surface area contributed by atoms with E-state index in [1.54, 1.807) is 7.11 Å². The van der Waals surface area contributed by atoms with E-state index in [0.29, 0.717) is 18.4 Å². The third-order valence-electron chi connectivity index (χ3n) is 4.98. The first-order valence-electron chi connectivity index (χ1n) is 9.67. The first kappa shape index (κ1) is 19.6. The highest BCUT2D eigenvalue weighted by Crippen LogP contribution is 2.33. The number of rotatable bonds is 9. The second-order valence-corrected chi connectivity index (χ2v) is 7.32. The minimum absolute atomic E-state index is 0.0456. The lowest BCUT2D eigenvalue weighted by Gasteiger charge is -2.20. The third kappa shape index (κ3) is 5.94. The van der Waals surface area contributed by atoms with Crippen molar-refractivity contribution in [2.24, 2.45) is 5.92 Å². The fourth-order valence-corrected chi connectivity index (χ4v) is 3.53. The largest absolute Gasteiger partial charge is 0.493 e. The summed E-state index contributed by atoms with van der Waals surface area (Å²) in [7, 11) is 1.66. The van der Waals surface area contributed by atoms with Crippen LogP contribution in [0.2, 0.25) is 0 Å². The van der Waals surface area contributed by atoms with Crippen LogP contribution < -0.4 is 14.8 Å². The highest BCUT2D eigenvalue weighted by molar-refractivity contribution is 5.76. The third-order valence-corrected chi connectivity index (χ3v) is 4.98. The lowest BCUT2D eigenvalue weighted by atomic mass is 10.0. The van der Waals surface area contributed by atoms with E-state index in [9.17, 15) is 4.79 Å². The molecule has 0 radical (unpaired) electrons. The number of hydrogen-bond donors (Lipinski definition) is 1. The first-order valence-corrected chi connectivity index (χ1v) is 9.67. The van der Waals surface area contributed by atoms with Gasteiger partial charge in [-0.15, -0.1) is 0 Å². The maximum atomic E-state index is 12.2. The number of hydrogen-bond acceptors (Lipinski definition) is 3. The Kier molecular flexibility index (Phi) is 7.60. The summed E-state index contributed by atoms with van der Waals surface area (Å²) in [5, 5.41) is 3.09. The van der Waals surface area contributed by atoms with Crippen LogP contribution in [0.5, 0.6) is 11.5 Å². The van der Waals surface area contributed by atoms with Gasteiger partial charge in [-0.2, -0.15) is 0 Å². The molecule has 1 N–H and O–H groups in total. The van der Waals surface area contributed by atoms with Gasteiger partial charge in [0.05, 0.1) is 19.3 Å². The van der Waals surface area contributed by atoms with Crippen molar-refractivity contribution in [1.82, 2.24) is 5.32 Å². The Balaban J connectivity index is 1.97. The molecule has 2 rings (SSSR count). The average molecular weight is 347 g/mol. The maximum Gasteiger partial charge on any atom is 0.220 e. The van der Waals surface area contributed by atoms with Crippen LogP contribution in [-0.2, 0) is 4.79 Å². The van der Waals surface area contributed by atoms with Crippen LogP contribution in [0.25, 0.3) is 0 Å². The molecular weight excluding hydrogens is 314 g/mol. The molecule has 140 valence electrons. The van der Waals surface area contributed by atoms with Crippen LogP contribution in [0.15, 0.2) is 18.2 Å². The molecule has 1 amide bonds. The Morgan fingerprint density at radius 1 is 1.24 bits per heavy atom. The molecule has 2 unspecified atom stereocenters. The molecule has 1 saturated carbocycles. The second-order valence-electron chi connectivity index (χ2n) is 7.32. The predicted molar refractivity (Wildman–Crippen MR) is 101 cm³/mol. The van der Waals surface area contributed by atoms with Gasteiger partial charge in [0, 0.05) is 6.42 Å². The molecule has 0 saturated heterocycles. The summed E-state index contributed by atoms with van der Waals surface area (Å²) >= 11 is 0. The summed E-state index contributed by atoms with van der Waals surface area (Å²) < 4.78 is 11.6. The summed E-state index contributed by atoms with van der Waals surface area (Å²) in [5.41, 5.74) is 1.03. The van der Waals surface area contributed by atoms with Crippen LogP contribution in [0.1, 0.15) is 77.3 Å². The zero-order valence-corrected chi connectivity index (χ0v) is 16.1. The summed E-state index contributed by atoms with van der Waals surface area (Å²) in [6.07, 6.45) is 7.80. The lowest BCUT2D eigenvalue weighted by molar-refractivity contribution is -0.122. The van der Waals surface area contributed by atoms with Crippen LogP contribution in [0.3, 0.4) is 0 Å². The molecule has 0 bridgehead atoms. The molecule has 4 heteroatoms. The number of carbonyl (C=O) groups is 1. The van der Waals surface area contributed by atoms with Crippen molar-refractivity contribution in [2.45, 2.75) is 77.9 Å². The number of amides is 1. The zero-order valence-electron chi connectivity index (χ0n) is 16.1. The van der Waals surface area contributed by atoms with Crippen LogP contribution in [0.4, 0.5) is 0 Å². The molecule has 1 aromatic rings. The minimum Gasteiger partial charge on any atom is -0.493 e. The molecule has 1 aliphatic carbocycles. The van der Waals surface area contributed by atoms with Crippen molar-refractivity contribution < 1.29 is 14.3 Å². The number of benzene rings is 1. The fraction of sp³-hybridized carbons (Fsp3) is 0.667. The summed E-state index contributed by atoms with van der Waals surface area (Å²) in [6, 6.07) is 5.92. The van der Waals surface area contributed by atoms with E-state index >= 15 is 0 Å². The van der Waals surface area contributed by atoms with Crippen LogP contribution in [0, 0.1) is 5.92 Å². The molecule has 1 fully saturated rings. The Morgan fingerprint density at radius 3 is 2.60 bits per heavy atom. The summed E-state index contributed by atoms with van der Waals surface area (Å²) in [5.74, 6) is 2.07. The summed E-state index contributed by atoms with van der Waals surface area (Å²) in [6.45, 7) is 6.29. The Morgan fingerprint density at radius 2 is 1.96 bits per heavy atom. The van der Waals surface area contributed by atoms with Gasteiger partial charge in [-0.3, -0.25) is 4.79 Å². The van der Waals surface area contributed by atoms with Gasteiger partial charge in [0.25, 0.3) is 0 Å². The van der Waals surface area contributed by atoms with Gasteiger partial charge < -0.3 is 14.8 Å². The highest BCUT2D eigenvalue weighted by Gasteiger charge is 2.19. The van der Waals surface area contributed by atoms with Crippen molar-refractivity contribution in [3.8, 4) is 11.5 Å². The van der Waals surface area contributed by atoms with Crippen LogP contribution >= 0.6 is 0 Å². The first-order chi connectivity index (χ1) is 12.0. The molecule has 1 aliphatic rings. The normalized spacial score (nSPS) is 17.1. The van der Waals surface area contributed by atoms with E-state index in [4.69, 9.17) is 9.47 Å². The number of carbonyl (C=O) groups excluding carboxylic acids is 1. The van der Waals surface area contributed by atoms with Gasteiger partial charge >= 0.3 is 0 Å². The van der Waals surface area contributed by atoms with Gasteiger partial charge in [0.15, 0.2) is 11.5 Å². The molecule has 1 aromatic carbocycles. The Labute approximate surface area is 152 Å². The molecule has 0 heterocycles. The number of methoxy groups -OCH3 is 1. The van der Waals surface area contributed by atoms with E-state index < -0.39 is 0 Å². The van der Waals surface area contributed by atoms with Gasteiger partial charge in [-0.25, -0.2) is 0 Å². The van der Waals surface area contributed by atoms with Crippen molar-refractivity contribution in [1.29, 1.82) is 0 Å². The number of ether oxygens (including phenoxy) is 2. The molecule has 25 heavy (non-hydrogen) atoms. The summed E-state index contributed by atoms with van der Waals surface area (Å²) in [4.78, 5) is 12.2. The van der Waals surface area contributed by atoms with Gasteiger partial charge in [0.1, 0.15) is 0 Å². The van der Waals surface area contributed by atoms with Crippen molar-refractivity contribution in [2.75, 3.05) is 7.11 Å². The van der Waals surface area contributed by atoms with E-state index in [-0.39, 0.29) is 11.9 Å². The molecule has 0 spiro atoms. The van der Waals surface area contributed by atoms with Crippen molar-refractivity contribution in [3.05, 3.63) is 23.8 Å². The monoisotopic (exact) mass is 347 g/mol.